The standard InChI is InChI=1S/C35H19N5/c1-2-9-21-20(8-1)15-16-29-31(21)33-30(40(29)35-37-19-26-25(38-35)12-7-17-36-26)18-24-22-10-3-5-13-27(22)39-28-14-6-4-11-23(28)32(33)34(24)39/h1-19H. The van der Waals surface area contributed by atoms with Gasteiger partial charge in [0.15, 0.2) is 0 Å². The average Bonchev–Trinajstić information content (AvgIpc) is 3.65. The van der Waals surface area contributed by atoms with Gasteiger partial charge in [-0.05, 0) is 47.2 Å². The van der Waals surface area contributed by atoms with Gasteiger partial charge in [-0.3, -0.25) is 9.55 Å². The van der Waals surface area contributed by atoms with Crippen molar-refractivity contribution >= 4 is 81.7 Å². The number of pyridine rings is 1. The van der Waals surface area contributed by atoms with Crippen molar-refractivity contribution in [1.29, 1.82) is 0 Å². The van der Waals surface area contributed by atoms with Gasteiger partial charge < -0.3 is 4.40 Å². The largest absolute Gasteiger partial charge is 0.308 e. The fourth-order valence-electron chi connectivity index (χ4n) is 6.96. The topological polar surface area (TPSA) is 48.0 Å². The minimum Gasteiger partial charge on any atom is -0.308 e. The summed E-state index contributed by atoms with van der Waals surface area (Å²) in [4.78, 5) is 14.3. The molecule has 0 saturated heterocycles. The highest BCUT2D eigenvalue weighted by atomic mass is 15.2. The number of benzene rings is 5. The Morgan fingerprint density at radius 1 is 0.500 bits per heavy atom. The van der Waals surface area contributed by atoms with Gasteiger partial charge in [-0.2, -0.15) is 0 Å². The molecule has 184 valence electrons. The predicted octanol–water partition coefficient (Wildman–Crippen LogP) is 8.43. The second kappa shape index (κ2) is 7.10. The van der Waals surface area contributed by atoms with Gasteiger partial charge in [-0.1, -0.05) is 66.7 Å². The normalized spacial score (nSPS) is 12.5. The van der Waals surface area contributed by atoms with Gasteiger partial charge in [0, 0.05) is 38.5 Å². The van der Waals surface area contributed by atoms with Crippen LogP contribution >= 0.6 is 0 Å². The molecule has 0 amide bonds. The highest BCUT2D eigenvalue weighted by Crippen LogP contribution is 2.47. The van der Waals surface area contributed by atoms with E-state index in [0.717, 1.165) is 22.1 Å². The number of aromatic nitrogens is 5. The van der Waals surface area contributed by atoms with Crippen LogP contribution in [0.4, 0.5) is 0 Å². The molecule has 0 aliphatic rings. The number of para-hydroxylation sites is 2. The van der Waals surface area contributed by atoms with Crippen LogP contribution in [0.5, 0.6) is 0 Å². The summed E-state index contributed by atoms with van der Waals surface area (Å²) in [5, 5.41) is 9.95. The maximum atomic E-state index is 5.03. The SMILES string of the molecule is c1ccc2c(c1)ccc1c2c2c3c4ccccc4n4c5ccccc5c(cc2n1-c1ncc2ncccc2n1)c34. The molecule has 0 saturated carbocycles. The van der Waals surface area contributed by atoms with Crippen LogP contribution in [0.15, 0.2) is 116 Å². The summed E-state index contributed by atoms with van der Waals surface area (Å²) in [5.74, 6) is 0.650. The zero-order chi connectivity index (χ0) is 25.9. The first kappa shape index (κ1) is 20.4. The Labute approximate surface area is 226 Å². The van der Waals surface area contributed by atoms with Gasteiger partial charge in [-0.15, -0.1) is 0 Å². The van der Waals surface area contributed by atoms with E-state index in [2.05, 4.69) is 105 Å². The van der Waals surface area contributed by atoms with Crippen molar-refractivity contribution in [1.82, 2.24) is 23.9 Å². The average molecular weight is 510 g/mol. The molecule has 0 aliphatic heterocycles. The lowest BCUT2D eigenvalue weighted by atomic mass is 9.99. The molecule has 5 aromatic heterocycles. The molecule has 0 aliphatic carbocycles. The van der Waals surface area contributed by atoms with Gasteiger partial charge in [-0.25, -0.2) is 9.97 Å². The minimum absolute atomic E-state index is 0.650. The molecule has 5 heterocycles. The van der Waals surface area contributed by atoms with Crippen molar-refractivity contribution in [3.8, 4) is 5.95 Å². The van der Waals surface area contributed by atoms with E-state index in [4.69, 9.17) is 9.97 Å². The zero-order valence-electron chi connectivity index (χ0n) is 21.2. The fourth-order valence-corrected chi connectivity index (χ4v) is 6.96. The molecule has 40 heavy (non-hydrogen) atoms. The summed E-state index contributed by atoms with van der Waals surface area (Å²) in [6.45, 7) is 0. The van der Waals surface area contributed by atoms with Crippen LogP contribution in [0.25, 0.3) is 87.7 Å². The van der Waals surface area contributed by atoms with E-state index in [0.29, 0.717) is 5.95 Å². The fraction of sp³-hybridized carbons (Fsp3) is 0. The molecular formula is C35H19N5. The van der Waals surface area contributed by atoms with E-state index in [9.17, 15) is 0 Å². The molecule has 0 spiro atoms. The Bertz CT molecular complexity index is 2660. The van der Waals surface area contributed by atoms with Crippen LogP contribution in [0, 0.1) is 0 Å². The van der Waals surface area contributed by atoms with E-state index in [1.165, 1.54) is 59.6 Å². The van der Waals surface area contributed by atoms with Gasteiger partial charge >= 0.3 is 0 Å². The molecule has 10 rings (SSSR count). The predicted molar refractivity (Wildman–Crippen MR) is 164 cm³/mol. The van der Waals surface area contributed by atoms with E-state index < -0.39 is 0 Å². The molecule has 0 radical (unpaired) electrons. The molecule has 5 nitrogen and oxygen atoms in total. The van der Waals surface area contributed by atoms with Gasteiger partial charge in [0.25, 0.3) is 0 Å². The lowest BCUT2D eigenvalue weighted by Gasteiger charge is -2.07. The summed E-state index contributed by atoms with van der Waals surface area (Å²) in [7, 11) is 0. The second-order valence-electron chi connectivity index (χ2n) is 10.5. The van der Waals surface area contributed by atoms with Crippen LogP contribution in [0.1, 0.15) is 0 Å². The molecular weight excluding hydrogens is 490 g/mol. The molecule has 0 fully saturated rings. The number of hydrogen-bond acceptors (Lipinski definition) is 3. The third-order valence-corrected chi connectivity index (χ3v) is 8.53. The Hall–Kier alpha value is -5.55. The first-order chi connectivity index (χ1) is 19.9. The smallest absolute Gasteiger partial charge is 0.235 e. The summed E-state index contributed by atoms with van der Waals surface area (Å²) in [6.07, 6.45) is 3.61. The van der Waals surface area contributed by atoms with Crippen molar-refractivity contribution in [3.63, 3.8) is 0 Å². The number of nitrogens with zero attached hydrogens (tertiary/aromatic N) is 5. The van der Waals surface area contributed by atoms with Crippen molar-refractivity contribution in [2.75, 3.05) is 0 Å². The summed E-state index contributed by atoms with van der Waals surface area (Å²) < 4.78 is 4.69. The second-order valence-corrected chi connectivity index (χ2v) is 10.5. The number of fused-ring (bicyclic) bond motifs is 13. The molecule has 5 heteroatoms. The van der Waals surface area contributed by atoms with Crippen LogP contribution in [-0.2, 0) is 0 Å². The van der Waals surface area contributed by atoms with Gasteiger partial charge in [0.05, 0.1) is 39.3 Å². The number of hydrogen-bond donors (Lipinski definition) is 0. The van der Waals surface area contributed by atoms with Crippen molar-refractivity contribution in [3.05, 3.63) is 116 Å². The zero-order valence-corrected chi connectivity index (χ0v) is 21.2. The van der Waals surface area contributed by atoms with E-state index >= 15 is 0 Å². The third-order valence-electron chi connectivity index (χ3n) is 8.53. The van der Waals surface area contributed by atoms with Crippen molar-refractivity contribution in [2.45, 2.75) is 0 Å². The van der Waals surface area contributed by atoms with E-state index in [1.54, 1.807) is 6.20 Å². The van der Waals surface area contributed by atoms with Crippen LogP contribution in [-0.4, -0.2) is 23.9 Å². The first-order valence-corrected chi connectivity index (χ1v) is 13.5. The summed E-state index contributed by atoms with van der Waals surface area (Å²) in [5.41, 5.74) is 7.55. The maximum absolute atomic E-state index is 5.03. The Kier molecular flexibility index (Phi) is 3.62. The Balaban J connectivity index is 1.55. The molecule has 0 bridgehead atoms. The molecule has 5 aromatic carbocycles. The lowest BCUT2D eigenvalue weighted by Crippen LogP contribution is -2.01. The van der Waals surface area contributed by atoms with Gasteiger partial charge in [0.1, 0.15) is 5.52 Å². The molecule has 0 N–H and O–H groups in total. The molecule has 10 aromatic rings. The van der Waals surface area contributed by atoms with Crippen LogP contribution < -0.4 is 0 Å². The van der Waals surface area contributed by atoms with Crippen molar-refractivity contribution < 1.29 is 0 Å². The highest BCUT2D eigenvalue weighted by molar-refractivity contribution is 6.38. The Morgan fingerprint density at radius 2 is 1.27 bits per heavy atom. The third kappa shape index (κ3) is 2.37. The Morgan fingerprint density at radius 3 is 2.17 bits per heavy atom. The maximum Gasteiger partial charge on any atom is 0.235 e. The van der Waals surface area contributed by atoms with Crippen molar-refractivity contribution in [2.24, 2.45) is 0 Å². The lowest BCUT2D eigenvalue weighted by molar-refractivity contribution is 1.01. The first-order valence-electron chi connectivity index (χ1n) is 13.5. The molecule has 0 unspecified atom stereocenters. The van der Waals surface area contributed by atoms with Crippen LogP contribution in [0.2, 0.25) is 0 Å². The summed E-state index contributed by atoms with van der Waals surface area (Å²) >= 11 is 0. The molecule has 0 atom stereocenters. The van der Waals surface area contributed by atoms with Gasteiger partial charge in [0.2, 0.25) is 5.95 Å². The monoisotopic (exact) mass is 509 g/mol. The van der Waals surface area contributed by atoms with E-state index in [-0.39, 0.29) is 0 Å². The minimum atomic E-state index is 0.650. The highest BCUT2D eigenvalue weighted by Gasteiger charge is 2.25. The summed E-state index contributed by atoms with van der Waals surface area (Å²) in [6, 6.07) is 36.9. The number of rotatable bonds is 1. The quantitative estimate of drug-likeness (QED) is 0.223. The van der Waals surface area contributed by atoms with E-state index in [1.807, 2.05) is 18.3 Å². The van der Waals surface area contributed by atoms with Crippen LogP contribution in [0.3, 0.4) is 0 Å².